The molecular weight excluding hydrogens is 305 g/mol. The molecule has 0 atom stereocenters. The molecule has 1 aliphatic heterocycles. The van der Waals surface area contributed by atoms with E-state index in [0.29, 0.717) is 0 Å². The van der Waals surface area contributed by atoms with Crippen molar-refractivity contribution in [3.8, 4) is 0 Å². The molecule has 0 aromatic carbocycles. The minimum atomic E-state index is 0.288. The molecule has 1 saturated heterocycles. The Morgan fingerprint density at radius 1 is 1.07 bits per heavy atom. The van der Waals surface area contributed by atoms with Crippen molar-refractivity contribution in [1.82, 2.24) is 15.1 Å². The first-order valence-corrected chi connectivity index (χ1v) is 7.21. The fourth-order valence-electron chi connectivity index (χ4n) is 1.92. The number of hydrogen-bond donors (Lipinski definition) is 2. The summed E-state index contributed by atoms with van der Waals surface area (Å²) in [6.45, 7) is 7.94. The summed E-state index contributed by atoms with van der Waals surface area (Å²) in [5.74, 6) is 0. The molecule has 5 heteroatoms. The third-order valence-corrected chi connectivity index (χ3v) is 3.34. The summed E-state index contributed by atoms with van der Waals surface area (Å²) in [4.78, 5) is 4.86. The van der Waals surface area contributed by atoms with Crippen LogP contribution in [0.5, 0.6) is 0 Å². The summed E-state index contributed by atoms with van der Waals surface area (Å²) in [5, 5.41) is 12.2. The quantitative estimate of drug-likeness (QED) is 0.311. The molecule has 0 saturated carbocycles. The smallest absolute Gasteiger partial charge is 0.0558 e. The summed E-state index contributed by atoms with van der Waals surface area (Å²) in [6, 6.07) is 0. The Labute approximate surface area is 106 Å². The summed E-state index contributed by atoms with van der Waals surface area (Å²) >= 11 is 2.34. The van der Waals surface area contributed by atoms with E-state index in [9.17, 15) is 0 Å². The van der Waals surface area contributed by atoms with Crippen molar-refractivity contribution in [3.05, 3.63) is 0 Å². The van der Waals surface area contributed by atoms with E-state index in [4.69, 9.17) is 5.11 Å². The molecule has 1 heterocycles. The molecule has 0 bridgehead atoms. The van der Waals surface area contributed by atoms with Crippen LogP contribution in [-0.4, -0.2) is 71.9 Å². The van der Waals surface area contributed by atoms with Gasteiger partial charge in [-0.25, -0.2) is 0 Å². The molecule has 1 rings (SSSR count). The Morgan fingerprint density at radius 2 is 1.73 bits per heavy atom. The Hall–Kier alpha value is 0.570. The minimum absolute atomic E-state index is 0.288. The average Bonchev–Trinajstić information content (AvgIpc) is 2.45. The lowest BCUT2D eigenvalue weighted by Gasteiger charge is -2.21. The monoisotopic (exact) mass is 327 g/mol. The number of rotatable bonds is 6. The van der Waals surface area contributed by atoms with Gasteiger partial charge in [0.25, 0.3) is 0 Å². The number of alkyl halides is 1. The average molecular weight is 327 g/mol. The van der Waals surface area contributed by atoms with Gasteiger partial charge in [-0.3, -0.25) is 4.90 Å². The highest BCUT2D eigenvalue weighted by atomic mass is 127. The van der Waals surface area contributed by atoms with E-state index in [1.807, 2.05) is 0 Å². The number of β-amino-alcohol motifs (C(OH)–C–C–N with tert-alkyl or cyclic N) is 1. The molecular formula is C10H22IN3O. The van der Waals surface area contributed by atoms with E-state index in [1.54, 1.807) is 0 Å². The SMILES string of the molecule is OCCN1CCCN(CCNCI)CC1. The van der Waals surface area contributed by atoms with Crippen LogP contribution < -0.4 is 5.32 Å². The molecule has 0 radical (unpaired) electrons. The fourth-order valence-corrected chi connectivity index (χ4v) is 2.30. The predicted octanol–water partition coefficient (Wildman–Crippen LogP) is -0.0315. The first kappa shape index (κ1) is 13.6. The first-order valence-electron chi connectivity index (χ1n) is 5.69. The van der Waals surface area contributed by atoms with E-state index in [-0.39, 0.29) is 6.61 Å². The molecule has 0 spiro atoms. The van der Waals surface area contributed by atoms with Crippen LogP contribution >= 0.6 is 22.6 Å². The summed E-state index contributed by atoms with van der Waals surface area (Å²) in [5.41, 5.74) is 0. The lowest BCUT2D eigenvalue weighted by Crippen LogP contribution is -2.35. The Kier molecular flexibility index (Phi) is 7.90. The van der Waals surface area contributed by atoms with Gasteiger partial charge < -0.3 is 15.3 Å². The Balaban J connectivity index is 2.14. The molecule has 90 valence electrons. The molecule has 4 nitrogen and oxygen atoms in total. The lowest BCUT2D eigenvalue weighted by molar-refractivity contribution is 0.197. The van der Waals surface area contributed by atoms with Crippen molar-refractivity contribution in [2.75, 3.05) is 57.0 Å². The summed E-state index contributed by atoms with van der Waals surface area (Å²) in [7, 11) is 0. The predicted molar refractivity (Wildman–Crippen MR) is 71.5 cm³/mol. The highest BCUT2D eigenvalue weighted by molar-refractivity contribution is 14.1. The molecule has 0 amide bonds. The van der Waals surface area contributed by atoms with Gasteiger partial charge >= 0.3 is 0 Å². The van der Waals surface area contributed by atoms with Crippen molar-refractivity contribution in [1.29, 1.82) is 0 Å². The van der Waals surface area contributed by atoms with Crippen LogP contribution in [0.15, 0.2) is 0 Å². The van der Waals surface area contributed by atoms with E-state index in [2.05, 4.69) is 37.7 Å². The van der Waals surface area contributed by atoms with E-state index in [0.717, 1.165) is 43.8 Å². The maximum atomic E-state index is 8.88. The Morgan fingerprint density at radius 3 is 2.33 bits per heavy atom. The highest BCUT2D eigenvalue weighted by Gasteiger charge is 2.13. The third-order valence-electron chi connectivity index (χ3n) is 2.80. The normalized spacial score (nSPS) is 20.4. The zero-order valence-corrected chi connectivity index (χ0v) is 11.4. The van der Waals surface area contributed by atoms with E-state index < -0.39 is 0 Å². The number of nitrogens with one attached hydrogen (secondary N) is 1. The molecule has 15 heavy (non-hydrogen) atoms. The van der Waals surface area contributed by atoms with Crippen LogP contribution in [0.2, 0.25) is 0 Å². The first-order chi connectivity index (χ1) is 7.36. The van der Waals surface area contributed by atoms with Crippen LogP contribution in [0.4, 0.5) is 0 Å². The fraction of sp³-hybridized carbons (Fsp3) is 1.00. The van der Waals surface area contributed by atoms with Crippen LogP contribution in [0.1, 0.15) is 6.42 Å². The minimum Gasteiger partial charge on any atom is -0.395 e. The zero-order valence-electron chi connectivity index (χ0n) is 9.29. The standard InChI is InChI=1S/C10H22IN3O/c11-10-12-2-5-13-3-1-4-14(7-6-13)8-9-15/h12,15H,1-10H2. The number of halogens is 1. The summed E-state index contributed by atoms with van der Waals surface area (Å²) < 4.78 is 1.03. The second kappa shape index (κ2) is 8.69. The maximum absolute atomic E-state index is 8.88. The lowest BCUT2D eigenvalue weighted by atomic mass is 10.4. The zero-order chi connectivity index (χ0) is 10.9. The van der Waals surface area contributed by atoms with Crippen molar-refractivity contribution in [2.45, 2.75) is 6.42 Å². The van der Waals surface area contributed by atoms with Gasteiger partial charge in [0.15, 0.2) is 0 Å². The molecule has 1 aliphatic rings. The second-order valence-electron chi connectivity index (χ2n) is 3.89. The molecule has 1 fully saturated rings. The number of nitrogens with zero attached hydrogens (tertiary/aromatic N) is 2. The number of aliphatic hydroxyl groups excluding tert-OH is 1. The van der Waals surface area contributed by atoms with Crippen LogP contribution in [-0.2, 0) is 0 Å². The van der Waals surface area contributed by atoms with Crippen LogP contribution in [0.3, 0.4) is 0 Å². The van der Waals surface area contributed by atoms with Crippen molar-refractivity contribution < 1.29 is 5.11 Å². The van der Waals surface area contributed by atoms with Gasteiger partial charge in [-0.15, -0.1) is 0 Å². The largest absolute Gasteiger partial charge is 0.395 e. The number of hydrogen-bond acceptors (Lipinski definition) is 4. The second-order valence-corrected chi connectivity index (χ2v) is 4.66. The number of aliphatic hydroxyl groups is 1. The summed E-state index contributed by atoms with van der Waals surface area (Å²) in [6.07, 6.45) is 1.23. The maximum Gasteiger partial charge on any atom is 0.0558 e. The van der Waals surface area contributed by atoms with Gasteiger partial charge in [0.2, 0.25) is 0 Å². The van der Waals surface area contributed by atoms with Crippen molar-refractivity contribution in [2.24, 2.45) is 0 Å². The molecule has 0 aromatic rings. The van der Waals surface area contributed by atoms with Crippen LogP contribution in [0, 0.1) is 0 Å². The third kappa shape index (κ3) is 6.01. The van der Waals surface area contributed by atoms with Crippen molar-refractivity contribution in [3.63, 3.8) is 0 Å². The molecule has 0 aromatic heterocycles. The molecule has 2 N–H and O–H groups in total. The van der Waals surface area contributed by atoms with E-state index >= 15 is 0 Å². The van der Waals surface area contributed by atoms with Gasteiger partial charge in [-0.2, -0.15) is 0 Å². The van der Waals surface area contributed by atoms with E-state index in [1.165, 1.54) is 13.0 Å². The molecule has 0 aliphatic carbocycles. The van der Waals surface area contributed by atoms with Crippen LogP contribution in [0.25, 0.3) is 0 Å². The molecule has 0 unspecified atom stereocenters. The van der Waals surface area contributed by atoms with Crippen molar-refractivity contribution >= 4 is 22.6 Å². The Bertz CT molecular complexity index is 160. The van der Waals surface area contributed by atoms with Gasteiger partial charge in [-0.1, -0.05) is 22.6 Å². The van der Waals surface area contributed by atoms with Gasteiger partial charge in [0, 0.05) is 37.3 Å². The van der Waals surface area contributed by atoms with Gasteiger partial charge in [0.1, 0.15) is 0 Å². The van der Waals surface area contributed by atoms with Gasteiger partial charge in [0.05, 0.1) is 6.61 Å². The topological polar surface area (TPSA) is 38.7 Å². The van der Waals surface area contributed by atoms with Gasteiger partial charge in [-0.05, 0) is 19.5 Å². The highest BCUT2D eigenvalue weighted by Crippen LogP contribution is 2.01.